The lowest BCUT2D eigenvalue weighted by atomic mass is 10.0. The van der Waals surface area contributed by atoms with E-state index in [1.807, 2.05) is 47.9 Å². The fourth-order valence-corrected chi connectivity index (χ4v) is 7.81. The molecule has 0 N–H and O–H groups in total. The summed E-state index contributed by atoms with van der Waals surface area (Å²) >= 11 is 1.42. The van der Waals surface area contributed by atoms with Gasteiger partial charge in [0, 0.05) is 23.5 Å². The molecule has 1 atom stereocenters. The minimum Gasteiger partial charge on any atom is -0.305 e. The van der Waals surface area contributed by atoms with Crippen molar-refractivity contribution >= 4 is 48.3 Å². The zero-order valence-electron chi connectivity index (χ0n) is 20.1. The maximum Gasteiger partial charge on any atom is 0.279 e. The number of hydrogen-bond donors (Lipinski definition) is 0. The number of amides is 1. The molecule has 1 unspecified atom stereocenters. The number of aromatic nitrogens is 1. The van der Waals surface area contributed by atoms with Gasteiger partial charge in [0.25, 0.3) is 5.91 Å². The zero-order chi connectivity index (χ0) is 25.3. The van der Waals surface area contributed by atoms with E-state index in [2.05, 4.69) is 10.9 Å². The Morgan fingerprint density at radius 1 is 1.11 bits per heavy atom. The van der Waals surface area contributed by atoms with Crippen LogP contribution in [0.5, 0.6) is 0 Å². The van der Waals surface area contributed by atoms with Crippen LogP contribution in [0.25, 0.3) is 21.0 Å². The van der Waals surface area contributed by atoms with E-state index in [-0.39, 0.29) is 17.5 Å². The van der Waals surface area contributed by atoms with Crippen molar-refractivity contribution in [2.24, 2.45) is 4.99 Å². The molecular formula is C28H27N3O3S2. The third-order valence-corrected chi connectivity index (χ3v) is 9.87. The number of rotatable bonds is 5. The van der Waals surface area contributed by atoms with E-state index >= 15 is 0 Å². The molecule has 1 saturated heterocycles. The normalized spacial score (nSPS) is 17.4. The summed E-state index contributed by atoms with van der Waals surface area (Å²) in [7, 11) is -3.61. The predicted octanol–water partition coefficient (Wildman–Crippen LogP) is 5.18. The number of carbonyl (C=O) groups is 1. The van der Waals surface area contributed by atoms with E-state index in [9.17, 15) is 13.2 Å². The molecular weight excluding hydrogens is 490 g/mol. The van der Waals surface area contributed by atoms with Gasteiger partial charge in [0.15, 0.2) is 4.80 Å². The summed E-state index contributed by atoms with van der Waals surface area (Å²) in [5.74, 6) is 2.21. The molecule has 5 rings (SSSR count). The summed E-state index contributed by atoms with van der Waals surface area (Å²) in [4.78, 5) is 18.2. The van der Waals surface area contributed by atoms with Gasteiger partial charge in [-0.2, -0.15) is 9.30 Å². The van der Waals surface area contributed by atoms with Crippen LogP contribution in [0.3, 0.4) is 0 Å². The van der Waals surface area contributed by atoms with Crippen LogP contribution in [0.2, 0.25) is 0 Å². The Labute approximate surface area is 215 Å². The first-order chi connectivity index (χ1) is 17.4. The quantitative estimate of drug-likeness (QED) is 0.342. The molecule has 0 bridgehead atoms. The average molecular weight is 518 g/mol. The van der Waals surface area contributed by atoms with Gasteiger partial charge in [-0.15, -0.1) is 6.42 Å². The minimum atomic E-state index is -3.61. The molecule has 36 heavy (non-hydrogen) atoms. The van der Waals surface area contributed by atoms with Gasteiger partial charge in [0.1, 0.15) is 0 Å². The molecule has 6 nitrogen and oxygen atoms in total. The Morgan fingerprint density at radius 3 is 2.64 bits per heavy atom. The number of fused-ring (bicyclic) bond motifs is 3. The van der Waals surface area contributed by atoms with Crippen LogP contribution >= 0.6 is 11.3 Å². The number of nitrogens with zero attached hydrogens (tertiary/aromatic N) is 3. The van der Waals surface area contributed by atoms with Gasteiger partial charge in [-0.3, -0.25) is 4.79 Å². The Morgan fingerprint density at radius 2 is 1.89 bits per heavy atom. The van der Waals surface area contributed by atoms with Crippen LogP contribution in [-0.4, -0.2) is 35.8 Å². The monoisotopic (exact) mass is 517 g/mol. The molecule has 184 valence electrons. The van der Waals surface area contributed by atoms with Gasteiger partial charge in [-0.05, 0) is 55.0 Å². The summed E-state index contributed by atoms with van der Waals surface area (Å²) in [6.07, 6.45) is 9.21. The number of hydrogen-bond acceptors (Lipinski definition) is 4. The van der Waals surface area contributed by atoms with Crippen molar-refractivity contribution in [1.29, 1.82) is 0 Å². The van der Waals surface area contributed by atoms with E-state index < -0.39 is 15.9 Å². The van der Waals surface area contributed by atoms with Crippen molar-refractivity contribution in [2.75, 3.05) is 6.54 Å². The molecule has 0 saturated carbocycles. The second-order valence-electron chi connectivity index (χ2n) is 8.92. The molecule has 0 radical (unpaired) electrons. The summed E-state index contributed by atoms with van der Waals surface area (Å²) < 4.78 is 31.0. The molecule has 8 heteroatoms. The molecule has 1 amide bonds. The van der Waals surface area contributed by atoms with E-state index in [0.29, 0.717) is 16.9 Å². The van der Waals surface area contributed by atoms with Gasteiger partial charge >= 0.3 is 0 Å². The first-order valence-corrected chi connectivity index (χ1v) is 14.3. The fourth-order valence-electron chi connectivity index (χ4n) is 4.88. The number of thiazole rings is 1. The standard InChI is InChI=1S/C28H27N3O3S2/c1-3-18-30-25-17-14-20-9-5-6-11-24(20)26(25)35-28(30)29-27(32)21-12-15-23(16-13-21)36(33,34)31-19-8-7-10-22(31)4-2/h1,5-6,9,11-17,22H,4,7-8,10,18-19H2,2H3. The maximum absolute atomic E-state index is 13.2. The molecule has 0 aliphatic carbocycles. The summed E-state index contributed by atoms with van der Waals surface area (Å²) in [5.41, 5.74) is 1.26. The second-order valence-corrected chi connectivity index (χ2v) is 11.8. The van der Waals surface area contributed by atoms with Crippen molar-refractivity contribution in [1.82, 2.24) is 8.87 Å². The molecule has 0 spiro atoms. The summed E-state index contributed by atoms with van der Waals surface area (Å²) in [6.45, 7) is 2.84. The molecule has 2 heterocycles. The first kappa shape index (κ1) is 24.4. The highest BCUT2D eigenvalue weighted by Crippen LogP contribution is 2.29. The number of carbonyl (C=O) groups excluding carboxylic acids is 1. The van der Waals surface area contributed by atoms with E-state index in [1.165, 1.54) is 35.6 Å². The van der Waals surface area contributed by atoms with Crippen molar-refractivity contribution < 1.29 is 13.2 Å². The third-order valence-electron chi connectivity index (χ3n) is 6.77. The lowest BCUT2D eigenvalue weighted by molar-refractivity contribution is 0.0997. The highest BCUT2D eigenvalue weighted by Gasteiger charge is 2.32. The number of benzene rings is 3. The highest BCUT2D eigenvalue weighted by molar-refractivity contribution is 7.89. The molecule has 1 aliphatic rings. The van der Waals surface area contributed by atoms with Crippen LogP contribution in [0, 0.1) is 12.3 Å². The Kier molecular flexibility index (Phi) is 6.80. The number of sulfonamides is 1. The van der Waals surface area contributed by atoms with E-state index in [1.54, 1.807) is 4.31 Å². The SMILES string of the molecule is C#CCn1c(=NC(=O)c2ccc(S(=O)(=O)N3CCCCC3CC)cc2)sc2c3ccccc3ccc21. The Bertz CT molecular complexity index is 1660. The van der Waals surface area contributed by atoms with Crippen molar-refractivity contribution in [2.45, 2.75) is 50.1 Å². The maximum atomic E-state index is 13.2. The van der Waals surface area contributed by atoms with Gasteiger partial charge in [0.05, 0.1) is 21.7 Å². The van der Waals surface area contributed by atoms with Crippen molar-refractivity contribution in [3.63, 3.8) is 0 Å². The van der Waals surface area contributed by atoms with Crippen molar-refractivity contribution in [3.8, 4) is 12.3 Å². The van der Waals surface area contributed by atoms with E-state index in [0.717, 1.165) is 46.7 Å². The van der Waals surface area contributed by atoms with Gasteiger partial charge in [0.2, 0.25) is 10.0 Å². The minimum absolute atomic E-state index is 0.0238. The average Bonchev–Trinajstić information content (AvgIpc) is 3.26. The van der Waals surface area contributed by atoms with Crippen LogP contribution in [0.1, 0.15) is 43.0 Å². The summed E-state index contributed by atoms with van der Waals surface area (Å²) in [6, 6.07) is 18.2. The summed E-state index contributed by atoms with van der Waals surface area (Å²) in [5, 5.41) is 2.19. The second kappa shape index (κ2) is 10.0. The Hall–Kier alpha value is -3.25. The first-order valence-electron chi connectivity index (χ1n) is 12.1. The molecule has 1 aliphatic heterocycles. The highest BCUT2D eigenvalue weighted by atomic mass is 32.2. The fraction of sp³-hybridized carbons (Fsp3) is 0.286. The van der Waals surface area contributed by atoms with Gasteiger partial charge in [-0.25, -0.2) is 8.42 Å². The zero-order valence-corrected chi connectivity index (χ0v) is 21.7. The lowest BCUT2D eigenvalue weighted by Crippen LogP contribution is -2.43. The van der Waals surface area contributed by atoms with Crippen LogP contribution < -0.4 is 4.80 Å². The Balaban J connectivity index is 1.50. The topological polar surface area (TPSA) is 71.7 Å². The number of piperidine rings is 1. The largest absolute Gasteiger partial charge is 0.305 e. The van der Waals surface area contributed by atoms with Crippen LogP contribution in [0.15, 0.2) is 70.6 Å². The molecule has 1 fully saturated rings. The molecule has 1 aromatic heterocycles. The van der Waals surface area contributed by atoms with Crippen LogP contribution in [-0.2, 0) is 16.6 Å². The lowest BCUT2D eigenvalue weighted by Gasteiger charge is -2.34. The van der Waals surface area contributed by atoms with Crippen molar-refractivity contribution in [3.05, 3.63) is 71.0 Å². The van der Waals surface area contributed by atoms with Crippen LogP contribution in [0.4, 0.5) is 0 Å². The smallest absolute Gasteiger partial charge is 0.279 e. The third kappa shape index (κ3) is 4.39. The number of terminal acetylenes is 1. The van der Waals surface area contributed by atoms with E-state index in [4.69, 9.17) is 6.42 Å². The molecule has 3 aromatic carbocycles. The van der Waals surface area contributed by atoms with Gasteiger partial charge in [-0.1, -0.05) is 60.9 Å². The molecule has 4 aromatic rings. The predicted molar refractivity (Wildman–Crippen MR) is 144 cm³/mol. The van der Waals surface area contributed by atoms with Gasteiger partial charge < -0.3 is 4.57 Å².